The summed E-state index contributed by atoms with van der Waals surface area (Å²) in [5.74, 6) is 0.463. The zero-order chi connectivity index (χ0) is 14.5. The van der Waals surface area contributed by atoms with Gasteiger partial charge in [0.2, 0.25) is 0 Å². The summed E-state index contributed by atoms with van der Waals surface area (Å²) in [7, 11) is 0. The summed E-state index contributed by atoms with van der Waals surface area (Å²) >= 11 is 0. The van der Waals surface area contributed by atoms with Crippen molar-refractivity contribution in [3.8, 4) is 0 Å². The standard InChI is InChI=1S/C20H20N/c1-2-3-5-12-18-16-9-8-13-19(18)20(15-14-16)21-17-10-6-4-7-11-17/h2-7,10-12,15,19,21H,1,8-9,13H2. The van der Waals surface area contributed by atoms with Crippen LogP contribution >= 0.6 is 0 Å². The number of benzene rings is 1. The molecule has 2 bridgehead atoms. The van der Waals surface area contributed by atoms with Crippen LogP contribution in [0.15, 0.2) is 84.1 Å². The smallest absolute Gasteiger partial charge is 0.0381 e. The highest BCUT2D eigenvalue weighted by molar-refractivity contribution is 5.54. The predicted octanol–water partition coefficient (Wildman–Crippen LogP) is 5.19. The van der Waals surface area contributed by atoms with Gasteiger partial charge in [-0.25, -0.2) is 0 Å². The van der Waals surface area contributed by atoms with Gasteiger partial charge < -0.3 is 5.32 Å². The highest BCUT2D eigenvalue weighted by atomic mass is 14.9. The molecule has 3 rings (SSSR count). The van der Waals surface area contributed by atoms with Gasteiger partial charge in [-0.2, -0.15) is 0 Å². The van der Waals surface area contributed by atoms with Crippen LogP contribution in [-0.4, -0.2) is 0 Å². The Bertz CT molecular complexity index is 629. The Kier molecular flexibility index (Phi) is 4.20. The number of anilines is 1. The molecule has 0 aromatic heterocycles. The Morgan fingerprint density at radius 3 is 2.86 bits per heavy atom. The Labute approximate surface area is 127 Å². The molecule has 1 nitrogen and oxygen atoms in total. The fourth-order valence-corrected chi connectivity index (χ4v) is 3.00. The first-order chi connectivity index (χ1) is 10.4. The van der Waals surface area contributed by atoms with E-state index < -0.39 is 0 Å². The maximum absolute atomic E-state index is 3.72. The number of nitrogens with one attached hydrogen (secondary N) is 1. The summed E-state index contributed by atoms with van der Waals surface area (Å²) in [5.41, 5.74) is 5.15. The van der Waals surface area contributed by atoms with Gasteiger partial charge in [-0.05, 0) is 54.7 Å². The lowest BCUT2D eigenvalue weighted by Crippen LogP contribution is -2.22. The molecule has 1 aromatic carbocycles. The number of rotatable bonds is 4. The van der Waals surface area contributed by atoms with Gasteiger partial charge >= 0.3 is 0 Å². The zero-order valence-corrected chi connectivity index (χ0v) is 12.2. The second-order valence-electron chi connectivity index (χ2n) is 5.40. The van der Waals surface area contributed by atoms with Crippen molar-refractivity contribution in [3.63, 3.8) is 0 Å². The lowest BCUT2D eigenvalue weighted by molar-refractivity contribution is 0.553. The van der Waals surface area contributed by atoms with Crippen LogP contribution in [0.1, 0.15) is 19.3 Å². The number of allylic oxidation sites excluding steroid dienone is 8. The van der Waals surface area contributed by atoms with Crippen LogP contribution in [0, 0.1) is 12.0 Å². The van der Waals surface area contributed by atoms with E-state index in [0.29, 0.717) is 5.92 Å². The maximum atomic E-state index is 3.72. The molecule has 2 aliphatic carbocycles. The molecule has 0 amide bonds. The SMILES string of the molecule is C=CC=CC=C1C2=[C]C=C(Nc3ccccc3)C1CCC2. The summed E-state index contributed by atoms with van der Waals surface area (Å²) in [6, 6.07) is 10.4. The molecule has 1 aromatic rings. The average molecular weight is 274 g/mol. The summed E-state index contributed by atoms with van der Waals surface area (Å²) in [5, 5.41) is 3.56. The first-order valence-electron chi connectivity index (χ1n) is 7.52. The molecule has 21 heavy (non-hydrogen) atoms. The molecule has 2 aliphatic rings. The van der Waals surface area contributed by atoms with Crippen molar-refractivity contribution in [2.24, 2.45) is 5.92 Å². The highest BCUT2D eigenvalue weighted by Crippen LogP contribution is 2.41. The highest BCUT2D eigenvalue weighted by Gasteiger charge is 2.28. The van der Waals surface area contributed by atoms with Crippen molar-refractivity contribution >= 4 is 5.69 Å². The third-order valence-electron chi connectivity index (χ3n) is 4.01. The average Bonchev–Trinajstić information content (AvgIpc) is 2.51. The van der Waals surface area contributed by atoms with E-state index in [1.807, 2.05) is 18.2 Å². The van der Waals surface area contributed by atoms with Crippen LogP contribution in [0.2, 0.25) is 0 Å². The van der Waals surface area contributed by atoms with E-state index >= 15 is 0 Å². The van der Waals surface area contributed by atoms with Gasteiger partial charge in [0.05, 0.1) is 0 Å². The van der Waals surface area contributed by atoms with Gasteiger partial charge in [-0.1, -0.05) is 49.1 Å². The molecule has 1 unspecified atom stereocenters. The molecule has 105 valence electrons. The molecule has 0 spiro atoms. The topological polar surface area (TPSA) is 12.0 Å². The van der Waals surface area contributed by atoms with Gasteiger partial charge in [0.25, 0.3) is 0 Å². The largest absolute Gasteiger partial charge is 0.358 e. The van der Waals surface area contributed by atoms with Crippen molar-refractivity contribution < 1.29 is 0 Å². The maximum Gasteiger partial charge on any atom is 0.0381 e. The van der Waals surface area contributed by atoms with E-state index in [2.05, 4.69) is 60.5 Å². The van der Waals surface area contributed by atoms with Crippen molar-refractivity contribution in [1.82, 2.24) is 0 Å². The molecule has 1 radical (unpaired) electrons. The van der Waals surface area contributed by atoms with Crippen molar-refractivity contribution in [2.45, 2.75) is 19.3 Å². The lowest BCUT2D eigenvalue weighted by atomic mass is 9.75. The fourth-order valence-electron chi connectivity index (χ4n) is 3.00. The molecule has 1 saturated carbocycles. The van der Waals surface area contributed by atoms with Crippen molar-refractivity contribution in [1.29, 1.82) is 0 Å². The molecule has 1 N–H and O–H groups in total. The molecule has 0 aliphatic heterocycles. The number of hydrogen-bond acceptors (Lipinski definition) is 1. The van der Waals surface area contributed by atoms with E-state index in [1.165, 1.54) is 29.7 Å². The van der Waals surface area contributed by atoms with Crippen LogP contribution < -0.4 is 5.32 Å². The van der Waals surface area contributed by atoms with E-state index in [0.717, 1.165) is 12.1 Å². The number of hydrogen-bond donors (Lipinski definition) is 1. The molecule has 0 heterocycles. The Hall–Kier alpha value is -2.28. The summed E-state index contributed by atoms with van der Waals surface area (Å²) in [6.07, 6.45) is 17.2. The van der Waals surface area contributed by atoms with Crippen molar-refractivity contribution in [2.75, 3.05) is 5.32 Å². The van der Waals surface area contributed by atoms with Crippen LogP contribution in [0.25, 0.3) is 0 Å². The van der Waals surface area contributed by atoms with Crippen LogP contribution in [0.4, 0.5) is 5.69 Å². The van der Waals surface area contributed by atoms with Gasteiger partial charge in [0, 0.05) is 17.3 Å². The quantitative estimate of drug-likeness (QED) is 0.745. The minimum atomic E-state index is 0.463. The summed E-state index contributed by atoms with van der Waals surface area (Å²) in [6.45, 7) is 3.72. The lowest BCUT2D eigenvalue weighted by Gasteiger charge is -2.33. The zero-order valence-electron chi connectivity index (χ0n) is 12.2. The molecular formula is C20H20N. The van der Waals surface area contributed by atoms with E-state index in [4.69, 9.17) is 0 Å². The normalized spacial score (nSPS) is 22.9. The van der Waals surface area contributed by atoms with Gasteiger partial charge in [-0.15, -0.1) is 0 Å². The van der Waals surface area contributed by atoms with Crippen LogP contribution in [0.5, 0.6) is 0 Å². The molecule has 1 fully saturated rings. The first-order valence-corrected chi connectivity index (χ1v) is 7.52. The Balaban J connectivity index is 1.87. The van der Waals surface area contributed by atoms with Gasteiger partial charge in [0.1, 0.15) is 0 Å². The third-order valence-corrected chi connectivity index (χ3v) is 4.01. The third kappa shape index (κ3) is 3.08. The Morgan fingerprint density at radius 1 is 1.19 bits per heavy atom. The summed E-state index contributed by atoms with van der Waals surface area (Å²) in [4.78, 5) is 0. The van der Waals surface area contributed by atoms with Crippen LogP contribution in [-0.2, 0) is 0 Å². The monoisotopic (exact) mass is 274 g/mol. The molecule has 1 heteroatoms. The second kappa shape index (κ2) is 6.45. The molecule has 1 atom stereocenters. The number of fused-ring (bicyclic) bond motifs is 2. The predicted molar refractivity (Wildman–Crippen MR) is 89.7 cm³/mol. The van der Waals surface area contributed by atoms with Gasteiger partial charge in [0.15, 0.2) is 0 Å². The second-order valence-corrected chi connectivity index (χ2v) is 5.40. The minimum absolute atomic E-state index is 0.463. The van der Waals surface area contributed by atoms with Crippen LogP contribution in [0.3, 0.4) is 0 Å². The first kappa shape index (κ1) is 13.7. The van der Waals surface area contributed by atoms with E-state index in [9.17, 15) is 0 Å². The minimum Gasteiger partial charge on any atom is -0.358 e. The summed E-state index contributed by atoms with van der Waals surface area (Å²) < 4.78 is 0. The fraction of sp³-hybridized carbons (Fsp3) is 0.200. The van der Waals surface area contributed by atoms with Crippen molar-refractivity contribution in [3.05, 3.63) is 90.2 Å². The van der Waals surface area contributed by atoms with Gasteiger partial charge in [-0.3, -0.25) is 0 Å². The molecular weight excluding hydrogens is 254 g/mol. The number of para-hydroxylation sites is 1. The van der Waals surface area contributed by atoms with E-state index in [1.54, 1.807) is 0 Å². The Morgan fingerprint density at radius 2 is 2.05 bits per heavy atom. The molecule has 0 saturated heterocycles. The van der Waals surface area contributed by atoms with E-state index in [-0.39, 0.29) is 0 Å².